The van der Waals surface area contributed by atoms with E-state index in [1.54, 1.807) is 6.08 Å². The lowest BCUT2D eigenvalue weighted by Crippen LogP contribution is -1.97. The van der Waals surface area contributed by atoms with Crippen molar-refractivity contribution < 1.29 is 13.9 Å². The maximum Gasteiger partial charge on any atom is 0.185 e. The van der Waals surface area contributed by atoms with Crippen LogP contribution in [-0.2, 0) is 12.8 Å². The van der Waals surface area contributed by atoms with Gasteiger partial charge in [-0.25, -0.2) is 4.39 Å². The standard InChI is InChI=1S/C29H31FO2/c1-2-23-8-10-24(11-9-23)7-5-3-4-6-22-32-28-19-12-25(13-20-28)14-21-29(31)26-15-17-27(30)18-16-26/h8-21H,2-7,22H2,1H3/b21-14+. The first-order valence-corrected chi connectivity index (χ1v) is 11.4. The molecular formula is C29H31FO2. The molecule has 0 amide bonds. The monoisotopic (exact) mass is 430 g/mol. The fraction of sp³-hybridized carbons (Fsp3) is 0.276. The van der Waals surface area contributed by atoms with Gasteiger partial charge in [0.05, 0.1) is 6.61 Å². The molecular weight excluding hydrogens is 399 g/mol. The van der Waals surface area contributed by atoms with Crippen LogP contribution in [0.5, 0.6) is 5.75 Å². The normalized spacial score (nSPS) is 11.1. The average Bonchev–Trinajstić information content (AvgIpc) is 2.83. The number of benzene rings is 3. The van der Waals surface area contributed by atoms with E-state index in [4.69, 9.17) is 4.74 Å². The summed E-state index contributed by atoms with van der Waals surface area (Å²) in [6, 6.07) is 22.2. The van der Waals surface area contributed by atoms with E-state index in [1.807, 2.05) is 24.3 Å². The van der Waals surface area contributed by atoms with Crippen LogP contribution in [0.2, 0.25) is 0 Å². The summed E-state index contributed by atoms with van der Waals surface area (Å²) in [5.74, 6) is 0.338. The van der Waals surface area contributed by atoms with Gasteiger partial charge in [-0.05, 0) is 84.8 Å². The molecule has 0 radical (unpaired) electrons. The van der Waals surface area contributed by atoms with Gasteiger partial charge in [0.1, 0.15) is 11.6 Å². The molecule has 32 heavy (non-hydrogen) atoms. The van der Waals surface area contributed by atoms with Crippen molar-refractivity contribution in [3.05, 3.63) is 107 Å². The number of hydrogen-bond donors (Lipinski definition) is 0. The van der Waals surface area contributed by atoms with Gasteiger partial charge in [0.25, 0.3) is 0 Å². The Bertz CT molecular complexity index is 987. The third kappa shape index (κ3) is 7.81. The molecule has 0 fully saturated rings. The molecule has 0 heterocycles. The number of rotatable bonds is 12. The summed E-state index contributed by atoms with van der Waals surface area (Å²) >= 11 is 0. The van der Waals surface area contributed by atoms with Gasteiger partial charge >= 0.3 is 0 Å². The number of hydrogen-bond acceptors (Lipinski definition) is 2. The number of allylic oxidation sites excluding steroid dienone is 1. The van der Waals surface area contributed by atoms with Crippen molar-refractivity contribution in [3.8, 4) is 5.75 Å². The summed E-state index contributed by atoms with van der Waals surface area (Å²) in [5, 5.41) is 0. The molecule has 0 aliphatic rings. The summed E-state index contributed by atoms with van der Waals surface area (Å²) in [4.78, 5) is 12.1. The van der Waals surface area contributed by atoms with E-state index in [9.17, 15) is 9.18 Å². The number of ether oxygens (including phenoxy) is 1. The number of unbranched alkanes of at least 4 members (excludes halogenated alkanes) is 3. The Morgan fingerprint density at radius 2 is 1.47 bits per heavy atom. The van der Waals surface area contributed by atoms with Crippen molar-refractivity contribution in [2.45, 2.75) is 45.4 Å². The third-order valence-corrected chi connectivity index (χ3v) is 5.50. The predicted octanol–water partition coefficient (Wildman–Crippen LogP) is 7.47. The number of carbonyl (C=O) groups is 1. The van der Waals surface area contributed by atoms with Gasteiger partial charge in [0, 0.05) is 5.56 Å². The highest BCUT2D eigenvalue weighted by molar-refractivity contribution is 6.06. The summed E-state index contributed by atoms with van der Waals surface area (Å²) in [6.45, 7) is 2.90. The van der Waals surface area contributed by atoms with Gasteiger partial charge in [-0.2, -0.15) is 0 Å². The molecule has 0 unspecified atom stereocenters. The molecule has 3 rings (SSSR count). The number of aryl methyl sites for hydroxylation is 2. The van der Waals surface area contributed by atoms with Crippen molar-refractivity contribution in [1.82, 2.24) is 0 Å². The van der Waals surface area contributed by atoms with Crippen molar-refractivity contribution in [1.29, 1.82) is 0 Å². The highest BCUT2D eigenvalue weighted by Crippen LogP contribution is 2.15. The molecule has 0 atom stereocenters. The van der Waals surface area contributed by atoms with Crippen LogP contribution in [0.15, 0.2) is 78.9 Å². The third-order valence-electron chi connectivity index (χ3n) is 5.50. The number of ketones is 1. The van der Waals surface area contributed by atoms with E-state index >= 15 is 0 Å². The Labute approximate surface area is 190 Å². The molecule has 0 aliphatic heterocycles. The first kappa shape index (κ1) is 23.5. The molecule has 0 N–H and O–H groups in total. The van der Waals surface area contributed by atoms with Gasteiger partial charge in [-0.3, -0.25) is 4.79 Å². The van der Waals surface area contributed by atoms with E-state index in [2.05, 4.69) is 31.2 Å². The SMILES string of the molecule is CCc1ccc(CCCCCCOc2ccc(/C=C/C(=O)c3ccc(F)cc3)cc2)cc1. The lowest BCUT2D eigenvalue weighted by molar-refractivity contribution is 0.104. The minimum absolute atomic E-state index is 0.150. The smallest absolute Gasteiger partial charge is 0.185 e. The molecule has 0 aliphatic carbocycles. The van der Waals surface area contributed by atoms with Crippen LogP contribution in [0.1, 0.15) is 59.7 Å². The molecule has 2 nitrogen and oxygen atoms in total. The quantitative estimate of drug-likeness (QED) is 0.169. The minimum Gasteiger partial charge on any atom is -0.494 e. The zero-order valence-corrected chi connectivity index (χ0v) is 18.7. The van der Waals surface area contributed by atoms with Crippen LogP contribution >= 0.6 is 0 Å². The van der Waals surface area contributed by atoms with E-state index < -0.39 is 0 Å². The highest BCUT2D eigenvalue weighted by Gasteiger charge is 2.02. The van der Waals surface area contributed by atoms with E-state index in [0.717, 1.165) is 30.6 Å². The second kappa shape index (κ2) is 12.6. The van der Waals surface area contributed by atoms with Gasteiger partial charge in [0.2, 0.25) is 0 Å². The molecule has 166 valence electrons. The van der Waals surface area contributed by atoms with E-state index in [1.165, 1.54) is 60.7 Å². The van der Waals surface area contributed by atoms with Crippen LogP contribution in [0, 0.1) is 5.82 Å². The molecule has 3 heteroatoms. The van der Waals surface area contributed by atoms with E-state index in [-0.39, 0.29) is 11.6 Å². The first-order chi connectivity index (χ1) is 15.6. The fourth-order valence-electron chi connectivity index (χ4n) is 3.47. The topological polar surface area (TPSA) is 26.3 Å². The second-order valence-electron chi connectivity index (χ2n) is 7.96. The van der Waals surface area contributed by atoms with Gasteiger partial charge in [-0.15, -0.1) is 0 Å². The molecule has 3 aromatic carbocycles. The lowest BCUT2D eigenvalue weighted by atomic mass is 10.0. The van der Waals surface area contributed by atoms with Gasteiger partial charge < -0.3 is 4.74 Å². The van der Waals surface area contributed by atoms with Crippen LogP contribution in [0.25, 0.3) is 6.08 Å². The Balaban J connectivity index is 1.31. The Morgan fingerprint density at radius 3 is 2.16 bits per heavy atom. The van der Waals surface area contributed by atoms with Crippen molar-refractivity contribution in [2.75, 3.05) is 6.61 Å². The van der Waals surface area contributed by atoms with Crippen LogP contribution in [0.4, 0.5) is 4.39 Å². The predicted molar refractivity (Wildman–Crippen MR) is 130 cm³/mol. The number of halogens is 1. The van der Waals surface area contributed by atoms with Crippen molar-refractivity contribution in [2.24, 2.45) is 0 Å². The molecule has 0 saturated carbocycles. The van der Waals surface area contributed by atoms with Crippen LogP contribution in [0.3, 0.4) is 0 Å². The van der Waals surface area contributed by atoms with Gasteiger partial charge in [-0.1, -0.05) is 62.2 Å². The maximum absolute atomic E-state index is 12.9. The minimum atomic E-state index is -0.348. The fourth-order valence-corrected chi connectivity index (χ4v) is 3.47. The zero-order valence-electron chi connectivity index (χ0n) is 18.7. The molecule has 0 bridgehead atoms. The Kier molecular flexibility index (Phi) is 9.24. The number of carbonyl (C=O) groups excluding carboxylic acids is 1. The molecule has 0 saturated heterocycles. The van der Waals surface area contributed by atoms with Gasteiger partial charge in [0.15, 0.2) is 5.78 Å². The average molecular weight is 431 g/mol. The Hall–Kier alpha value is -3.20. The van der Waals surface area contributed by atoms with Crippen molar-refractivity contribution in [3.63, 3.8) is 0 Å². The van der Waals surface area contributed by atoms with Crippen LogP contribution in [-0.4, -0.2) is 12.4 Å². The lowest BCUT2D eigenvalue weighted by Gasteiger charge is -2.07. The summed E-state index contributed by atoms with van der Waals surface area (Å²) in [7, 11) is 0. The molecule has 3 aromatic rings. The second-order valence-corrected chi connectivity index (χ2v) is 7.96. The summed E-state index contributed by atoms with van der Waals surface area (Å²) in [6.07, 6.45) is 10.1. The molecule has 0 aromatic heterocycles. The summed E-state index contributed by atoms with van der Waals surface area (Å²) in [5.41, 5.74) is 4.21. The largest absolute Gasteiger partial charge is 0.494 e. The van der Waals surface area contributed by atoms with Crippen molar-refractivity contribution >= 4 is 11.9 Å². The zero-order chi connectivity index (χ0) is 22.6. The Morgan fingerprint density at radius 1 is 0.812 bits per heavy atom. The van der Waals surface area contributed by atoms with Crippen LogP contribution < -0.4 is 4.74 Å². The first-order valence-electron chi connectivity index (χ1n) is 11.4. The van der Waals surface area contributed by atoms with E-state index in [0.29, 0.717) is 12.2 Å². The highest BCUT2D eigenvalue weighted by atomic mass is 19.1. The maximum atomic E-state index is 12.9. The molecule has 0 spiro atoms. The summed E-state index contributed by atoms with van der Waals surface area (Å²) < 4.78 is 18.8.